The van der Waals surface area contributed by atoms with E-state index in [0.29, 0.717) is 11.4 Å². The van der Waals surface area contributed by atoms with Gasteiger partial charge in [0.1, 0.15) is 12.4 Å². The fraction of sp³-hybridized carbons (Fsp3) is 0.200. The summed E-state index contributed by atoms with van der Waals surface area (Å²) in [7, 11) is 0. The molecule has 0 aliphatic rings. The second kappa shape index (κ2) is 10.0. The second-order valence-corrected chi connectivity index (χ2v) is 5.73. The van der Waals surface area contributed by atoms with Crippen molar-refractivity contribution in [3.05, 3.63) is 54.1 Å². The maximum atomic E-state index is 12.5. The van der Waals surface area contributed by atoms with Gasteiger partial charge in [-0.05, 0) is 36.4 Å². The Morgan fingerprint density at radius 1 is 1.00 bits per heavy atom. The Hall–Kier alpha value is -3.67. The zero-order chi connectivity index (χ0) is 21.3. The third kappa shape index (κ3) is 7.84. The van der Waals surface area contributed by atoms with Gasteiger partial charge >= 0.3 is 12.2 Å². The Bertz CT molecular complexity index is 916. The van der Waals surface area contributed by atoms with Gasteiger partial charge in [-0.15, -0.1) is 0 Å². The van der Waals surface area contributed by atoms with Crippen LogP contribution in [0.15, 0.2) is 48.5 Å². The van der Waals surface area contributed by atoms with Crippen LogP contribution in [0.1, 0.15) is 12.5 Å². The molecule has 152 valence electrons. The van der Waals surface area contributed by atoms with E-state index in [0.717, 1.165) is 24.3 Å². The summed E-state index contributed by atoms with van der Waals surface area (Å²) in [6.07, 6.45) is -4.43. The molecule has 0 heterocycles. The quantitative estimate of drug-likeness (QED) is 0.661. The number of benzene rings is 2. The van der Waals surface area contributed by atoms with E-state index in [1.54, 1.807) is 24.3 Å². The number of ether oxygens (including phenoxy) is 1. The number of anilines is 2. The van der Waals surface area contributed by atoms with Crippen LogP contribution < -0.4 is 20.7 Å². The van der Waals surface area contributed by atoms with Crippen LogP contribution in [0, 0.1) is 11.8 Å². The molecule has 0 unspecified atom stereocenters. The maximum absolute atomic E-state index is 12.5. The van der Waals surface area contributed by atoms with Gasteiger partial charge in [0, 0.05) is 24.4 Å². The highest BCUT2D eigenvalue weighted by Crippen LogP contribution is 2.29. The van der Waals surface area contributed by atoms with Gasteiger partial charge in [-0.25, -0.2) is 4.79 Å². The molecule has 2 aromatic rings. The third-order valence-corrected chi connectivity index (χ3v) is 3.40. The second-order valence-electron chi connectivity index (χ2n) is 5.73. The first-order chi connectivity index (χ1) is 13.7. The number of urea groups is 1. The van der Waals surface area contributed by atoms with E-state index in [9.17, 15) is 22.8 Å². The fourth-order valence-corrected chi connectivity index (χ4v) is 2.14. The smallest absolute Gasteiger partial charge is 0.416 e. The van der Waals surface area contributed by atoms with Gasteiger partial charge in [0.15, 0.2) is 0 Å². The standard InChI is InChI=1S/C20H18F3N3O3/c1-14(27)25-17-5-4-6-18(13-17)29-12-3-2-11-24-19(28)26-16-9-7-15(8-10-16)20(21,22)23/h4-10,13H,11-12H2,1H3,(H,25,27)(H2,24,26,28). The van der Waals surface area contributed by atoms with E-state index in [4.69, 9.17) is 4.74 Å². The average Bonchev–Trinajstić information content (AvgIpc) is 2.64. The number of hydrogen-bond acceptors (Lipinski definition) is 3. The summed E-state index contributed by atoms with van der Waals surface area (Å²) in [5.74, 6) is 5.73. The van der Waals surface area contributed by atoms with Gasteiger partial charge in [0.25, 0.3) is 0 Å². The van der Waals surface area contributed by atoms with Crippen LogP contribution in [0.5, 0.6) is 5.75 Å². The molecule has 0 radical (unpaired) electrons. The molecule has 2 aromatic carbocycles. The summed E-state index contributed by atoms with van der Waals surface area (Å²) >= 11 is 0. The van der Waals surface area contributed by atoms with Crippen LogP contribution >= 0.6 is 0 Å². The SMILES string of the molecule is CC(=O)Nc1cccc(OCC#CCNC(=O)Nc2ccc(C(F)(F)F)cc2)c1. The fourth-order valence-electron chi connectivity index (χ4n) is 2.14. The molecule has 0 saturated carbocycles. The van der Waals surface area contributed by atoms with Crippen molar-refractivity contribution in [1.82, 2.24) is 5.32 Å². The topological polar surface area (TPSA) is 79.5 Å². The van der Waals surface area contributed by atoms with Crippen molar-refractivity contribution in [2.75, 3.05) is 23.8 Å². The van der Waals surface area contributed by atoms with E-state index >= 15 is 0 Å². The van der Waals surface area contributed by atoms with Crippen molar-refractivity contribution in [3.63, 3.8) is 0 Å². The molecule has 3 amide bonds. The van der Waals surface area contributed by atoms with Crippen LogP contribution in [-0.2, 0) is 11.0 Å². The minimum atomic E-state index is -4.43. The zero-order valence-corrected chi connectivity index (χ0v) is 15.4. The summed E-state index contributed by atoms with van der Waals surface area (Å²) in [5.41, 5.74) is 0.0346. The molecule has 0 aliphatic carbocycles. The van der Waals surface area contributed by atoms with Crippen molar-refractivity contribution in [2.45, 2.75) is 13.1 Å². The number of hydrogen-bond donors (Lipinski definition) is 3. The minimum absolute atomic E-state index is 0.0295. The summed E-state index contributed by atoms with van der Waals surface area (Å²) in [5, 5.41) is 7.50. The first-order valence-electron chi connectivity index (χ1n) is 8.42. The lowest BCUT2D eigenvalue weighted by atomic mass is 10.2. The number of nitrogens with one attached hydrogen (secondary N) is 3. The van der Waals surface area contributed by atoms with Crippen LogP contribution in [0.3, 0.4) is 0 Å². The number of alkyl halides is 3. The Labute approximate surface area is 165 Å². The van der Waals surface area contributed by atoms with Gasteiger partial charge in [0.05, 0.1) is 12.1 Å². The van der Waals surface area contributed by atoms with E-state index in [-0.39, 0.29) is 24.7 Å². The Morgan fingerprint density at radius 2 is 1.72 bits per heavy atom. The molecular formula is C20H18F3N3O3. The lowest BCUT2D eigenvalue weighted by molar-refractivity contribution is -0.137. The molecule has 2 rings (SSSR count). The molecule has 0 saturated heterocycles. The highest BCUT2D eigenvalue weighted by Gasteiger charge is 2.29. The van der Waals surface area contributed by atoms with Crippen molar-refractivity contribution in [1.29, 1.82) is 0 Å². The van der Waals surface area contributed by atoms with Crippen molar-refractivity contribution < 1.29 is 27.5 Å². The van der Waals surface area contributed by atoms with Gasteiger partial charge in [-0.1, -0.05) is 17.9 Å². The summed E-state index contributed by atoms with van der Waals surface area (Å²) in [4.78, 5) is 22.7. The lowest BCUT2D eigenvalue weighted by Gasteiger charge is -2.08. The van der Waals surface area contributed by atoms with Crippen molar-refractivity contribution in [3.8, 4) is 17.6 Å². The lowest BCUT2D eigenvalue weighted by Crippen LogP contribution is -2.29. The van der Waals surface area contributed by atoms with Gasteiger partial charge in [-0.3, -0.25) is 4.79 Å². The summed E-state index contributed by atoms with van der Waals surface area (Å²) < 4.78 is 42.9. The van der Waals surface area contributed by atoms with E-state index < -0.39 is 17.8 Å². The average molecular weight is 405 g/mol. The molecule has 3 N–H and O–H groups in total. The van der Waals surface area contributed by atoms with Crippen LogP contribution in [-0.4, -0.2) is 25.1 Å². The molecule has 9 heteroatoms. The third-order valence-electron chi connectivity index (χ3n) is 3.40. The molecule has 0 aromatic heterocycles. The van der Waals surface area contributed by atoms with Crippen molar-refractivity contribution >= 4 is 23.3 Å². The monoisotopic (exact) mass is 405 g/mol. The first kappa shape index (κ1) is 21.6. The molecule has 0 fully saturated rings. The van der Waals surface area contributed by atoms with E-state index in [2.05, 4.69) is 27.8 Å². The number of amides is 3. The Kier molecular flexibility index (Phi) is 7.48. The zero-order valence-electron chi connectivity index (χ0n) is 15.4. The van der Waals surface area contributed by atoms with Crippen molar-refractivity contribution in [2.24, 2.45) is 0 Å². The largest absolute Gasteiger partial charge is 0.481 e. The number of carbonyl (C=O) groups excluding carboxylic acids is 2. The normalized spacial score (nSPS) is 10.3. The molecule has 0 atom stereocenters. The predicted octanol–water partition coefficient (Wildman–Crippen LogP) is 3.87. The van der Waals surface area contributed by atoms with E-state index in [1.165, 1.54) is 6.92 Å². The molecule has 0 bridgehead atoms. The highest BCUT2D eigenvalue weighted by atomic mass is 19.4. The molecule has 6 nitrogen and oxygen atoms in total. The molecule has 0 aliphatic heterocycles. The summed E-state index contributed by atoms with van der Waals surface area (Å²) in [6, 6.07) is 10.3. The van der Waals surface area contributed by atoms with Crippen LogP contribution in [0.25, 0.3) is 0 Å². The maximum Gasteiger partial charge on any atom is 0.416 e. The summed E-state index contributed by atoms with van der Waals surface area (Å²) in [6.45, 7) is 1.51. The van der Waals surface area contributed by atoms with Gasteiger partial charge in [0.2, 0.25) is 5.91 Å². The number of rotatable bonds is 5. The van der Waals surface area contributed by atoms with E-state index in [1.807, 2.05) is 0 Å². The van der Waals surface area contributed by atoms with Crippen LogP contribution in [0.4, 0.5) is 29.3 Å². The van der Waals surface area contributed by atoms with Gasteiger partial charge < -0.3 is 20.7 Å². The highest BCUT2D eigenvalue weighted by molar-refractivity contribution is 5.89. The molecule has 0 spiro atoms. The Morgan fingerprint density at radius 3 is 2.38 bits per heavy atom. The predicted molar refractivity (Wildman–Crippen MR) is 102 cm³/mol. The van der Waals surface area contributed by atoms with Crippen LogP contribution in [0.2, 0.25) is 0 Å². The minimum Gasteiger partial charge on any atom is -0.481 e. The number of halogens is 3. The molecule has 29 heavy (non-hydrogen) atoms. The van der Waals surface area contributed by atoms with Gasteiger partial charge in [-0.2, -0.15) is 13.2 Å². The number of carbonyl (C=O) groups is 2. The Balaban J connectivity index is 1.72. The first-order valence-corrected chi connectivity index (χ1v) is 8.42. The molecular weight excluding hydrogens is 387 g/mol.